The zero-order valence-electron chi connectivity index (χ0n) is 18.0. The summed E-state index contributed by atoms with van der Waals surface area (Å²) in [5.74, 6) is -1.05. The molecule has 5 nitrogen and oxygen atoms in total. The summed E-state index contributed by atoms with van der Waals surface area (Å²) in [5, 5.41) is 12.3. The first kappa shape index (κ1) is 22.6. The summed E-state index contributed by atoms with van der Waals surface area (Å²) in [4.78, 5) is 16.7. The van der Waals surface area contributed by atoms with Gasteiger partial charge in [-0.3, -0.25) is 0 Å². The van der Waals surface area contributed by atoms with E-state index in [0.29, 0.717) is 27.7 Å². The third kappa shape index (κ3) is 4.32. The van der Waals surface area contributed by atoms with Crippen molar-refractivity contribution in [3.63, 3.8) is 0 Å². The maximum absolute atomic E-state index is 12.1. The molecule has 0 unspecified atom stereocenters. The number of rotatable bonds is 6. The first-order valence-corrected chi connectivity index (χ1v) is 12.0. The Labute approximate surface area is 209 Å². The van der Waals surface area contributed by atoms with Crippen LogP contribution in [0.3, 0.4) is 0 Å². The topological polar surface area (TPSA) is 68.3 Å². The Kier molecular flexibility index (Phi) is 6.13. The van der Waals surface area contributed by atoms with E-state index in [4.69, 9.17) is 27.6 Å². The lowest BCUT2D eigenvalue weighted by Gasteiger charge is -2.11. The van der Waals surface area contributed by atoms with Crippen LogP contribution in [0.5, 0.6) is 0 Å². The highest BCUT2D eigenvalue weighted by Gasteiger charge is 2.19. The molecule has 0 atom stereocenters. The lowest BCUT2D eigenvalue weighted by molar-refractivity contribution is -0.131. The van der Waals surface area contributed by atoms with Crippen molar-refractivity contribution in [1.82, 2.24) is 9.55 Å². The molecule has 0 amide bonds. The van der Waals surface area contributed by atoms with Crippen molar-refractivity contribution in [3.8, 4) is 0 Å². The minimum absolute atomic E-state index is 0.113. The van der Waals surface area contributed by atoms with E-state index in [1.807, 2.05) is 61.5 Å². The Morgan fingerprint density at radius 1 is 1.12 bits per heavy atom. The molecular weight excluding hydrogens is 491 g/mol. The normalized spacial score (nSPS) is 12.0. The second kappa shape index (κ2) is 9.22. The fourth-order valence-corrected chi connectivity index (χ4v) is 5.11. The summed E-state index contributed by atoms with van der Waals surface area (Å²) in [6, 6.07) is 20.7. The third-order valence-corrected chi connectivity index (χ3v) is 7.03. The summed E-state index contributed by atoms with van der Waals surface area (Å²) in [5.41, 5.74) is 4.94. The maximum Gasteiger partial charge on any atom is 0.342 e. The van der Waals surface area contributed by atoms with E-state index < -0.39 is 5.97 Å². The molecule has 2 heterocycles. The number of benzene rings is 3. The van der Waals surface area contributed by atoms with Crippen molar-refractivity contribution in [2.24, 2.45) is 0 Å². The van der Waals surface area contributed by atoms with E-state index in [1.54, 1.807) is 18.2 Å². The first-order chi connectivity index (χ1) is 16.4. The summed E-state index contributed by atoms with van der Waals surface area (Å²) in [6.45, 7) is 2.50. The highest BCUT2D eigenvalue weighted by Crippen LogP contribution is 2.35. The van der Waals surface area contributed by atoms with Crippen LogP contribution in [0.15, 0.2) is 81.3 Å². The van der Waals surface area contributed by atoms with Crippen molar-refractivity contribution in [2.75, 3.05) is 0 Å². The minimum atomic E-state index is -1.05. The Bertz CT molecular complexity index is 1550. The molecule has 34 heavy (non-hydrogen) atoms. The Morgan fingerprint density at radius 3 is 2.65 bits per heavy atom. The van der Waals surface area contributed by atoms with Gasteiger partial charge in [0.25, 0.3) is 5.22 Å². The second-order valence-electron chi connectivity index (χ2n) is 7.70. The van der Waals surface area contributed by atoms with Gasteiger partial charge >= 0.3 is 5.97 Å². The number of para-hydroxylation sites is 3. The van der Waals surface area contributed by atoms with Crippen molar-refractivity contribution in [1.29, 1.82) is 0 Å². The number of aromatic nitrogens is 2. The van der Waals surface area contributed by atoms with Gasteiger partial charge in [0.1, 0.15) is 10.4 Å². The van der Waals surface area contributed by atoms with Gasteiger partial charge < -0.3 is 14.1 Å². The molecule has 0 aliphatic heterocycles. The molecule has 1 N–H and O–H groups in total. The molecule has 0 saturated heterocycles. The van der Waals surface area contributed by atoms with Crippen LogP contribution < -0.4 is 0 Å². The van der Waals surface area contributed by atoms with Crippen LogP contribution in [-0.4, -0.2) is 20.6 Å². The molecule has 0 aliphatic carbocycles. The molecule has 170 valence electrons. The van der Waals surface area contributed by atoms with Crippen LogP contribution in [-0.2, 0) is 11.3 Å². The van der Waals surface area contributed by atoms with Crippen LogP contribution in [0.25, 0.3) is 28.1 Å². The van der Waals surface area contributed by atoms with Crippen LogP contribution in [0.2, 0.25) is 10.0 Å². The van der Waals surface area contributed by atoms with E-state index in [0.717, 1.165) is 39.5 Å². The van der Waals surface area contributed by atoms with E-state index in [9.17, 15) is 9.90 Å². The predicted octanol–water partition coefficient (Wildman–Crippen LogP) is 7.66. The van der Waals surface area contributed by atoms with E-state index in [2.05, 4.69) is 9.55 Å². The molecule has 8 heteroatoms. The van der Waals surface area contributed by atoms with E-state index in [-0.39, 0.29) is 10.1 Å². The summed E-state index contributed by atoms with van der Waals surface area (Å²) >= 11 is 13.5. The number of hydrogen-bond donors (Lipinski definition) is 1. The number of nitrogens with zero attached hydrogens (tertiary/aromatic N) is 2. The Hall–Kier alpha value is -3.19. The van der Waals surface area contributed by atoms with Gasteiger partial charge in [-0.15, -0.1) is 0 Å². The average molecular weight is 509 g/mol. The predicted molar refractivity (Wildman–Crippen MR) is 138 cm³/mol. The molecule has 5 aromatic rings. The number of aliphatic carboxylic acids is 1. The zero-order chi connectivity index (χ0) is 23.8. The molecule has 0 bridgehead atoms. The van der Waals surface area contributed by atoms with Crippen molar-refractivity contribution < 1.29 is 14.3 Å². The van der Waals surface area contributed by atoms with Gasteiger partial charge in [-0.2, -0.15) is 0 Å². The summed E-state index contributed by atoms with van der Waals surface area (Å²) in [7, 11) is 0. The van der Waals surface area contributed by atoms with Crippen molar-refractivity contribution in [2.45, 2.75) is 18.7 Å². The van der Waals surface area contributed by atoms with Gasteiger partial charge in [0, 0.05) is 38.8 Å². The highest BCUT2D eigenvalue weighted by atomic mass is 35.5. The number of carboxylic acids is 1. The molecular formula is C26H18Cl2N2O3S. The van der Waals surface area contributed by atoms with Crippen molar-refractivity contribution in [3.05, 3.63) is 98.5 Å². The molecule has 0 aliphatic rings. The van der Waals surface area contributed by atoms with Gasteiger partial charge in [-0.25, -0.2) is 9.78 Å². The molecule has 0 spiro atoms. The Morgan fingerprint density at radius 2 is 1.88 bits per heavy atom. The van der Waals surface area contributed by atoms with Crippen LogP contribution in [0.4, 0.5) is 0 Å². The molecule has 2 aromatic heterocycles. The largest absolute Gasteiger partial charge is 0.477 e. The number of oxazole rings is 1. The second-order valence-corrected chi connectivity index (χ2v) is 9.54. The number of thioether (sulfide) groups is 1. The fraction of sp³-hybridized carbons (Fsp3) is 0.0769. The van der Waals surface area contributed by atoms with Gasteiger partial charge in [0.2, 0.25) is 0 Å². The van der Waals surface area contributed by atoms with Crippen LogP contribution in [0.1, 0.15) is 16.8 Å². The monoisotopic (exact) mass is 508 g/mol. The third-order valence-electron chi connectivity index (χ3n) is 5.58. The van der Waals surface area contributed by atoms with Crippen molar-refractivity contribution >= 4 is 69.0 Å². The number of hydrogen-bond acceptors (Lipinski definition) is 4. The molecule has 0 fully saturated rings. The molecule has 5 rings (SSSR count). The number of halogens is 2. The SMILES string of the molecule is Cc1c(/C=C(\Sc2nc3ccccc3o2)C(=O)O)c2ccccc2n1Cc1ccc(Cl)cc1Cl. The van der Waals surface area contributed by atoms with Gasteiger partial charge in [0.05, 0.1) is 0 Å². The average Bonchev–Trinajstić information content (AvgIpc) is 3.34. The smallest absolute Gasteiger partial charge is 0.342 e. The standard InChI is InChI=1S/C26H18Cl2N2O3S/c1-15-19(13-24(25(31)32)34-26-29-21-7-3-5-9-23(21)33-26)18-6-2-4-8-22(18)30(15)14-16-10-11-17(27)12-20(16)28/h2-13H,14H2,1H3,(H,31,32)/b24-13-. The van der Waals surface area contributed by atoms with Gasteiger partial charge in [-0.1, -0.05) is 59.6 Å². The maximum atomic E-state index is 12.1. The highest BCUT2D eigenvalue weighted by molar-refractivity contribution is 8.03. The fourth-order valence-electron chi connectivity index (χ4n) is 3.92. The van der Waals surface area contributed by atoms with Gasteiger partial charge in [0.15, 0.2) is 5.58 Å². The first-order valence-electron chi connectivity index (χ1n) is 10.4. The zero-order valence-corrected chi connectivity index (χ0v) is 20.3. The number of fused-ring (bicyclic) bond motifs is 2. The van der Waals surface area contributed by atoms with E-state index in [1.165, 1.54) is 0 Å². The lowest BCUT2D eigenvalue weighted by Crippen LogP contribution is -2.03. The summed E-state index contributed by atoms with van der Waals surface area (Å²) in [6.07, 6.45) is 1.68. The van der Waals surface area contributed by atoms with Crippen LogP contribution in [0, 0.1) is 6.92 Å². The van der Waals surface area contributed by atoms with Gasteiger partial charge in [-0.05, 0) is 60.7 Å². The molecule has 3 aromatic carbocycles. The van der Waals surface area contributed by atoms with E-state index >= 15 is 0 Å². The van der Waals surface area contributed by atoms with Crippen LogP contribution >= 0.6 is 35.0 Å². The number of carboxylic acid groups (broad SMARTS) is 1. The molecule has 0 saturated carbocycles. The quantitative estimate of drug-likeness (QED) is 0.188. The Balaban J connectivity index is 1.59. The number of carbonyl (C=O) groups is 1. The summed E-state index contributed by atoms with van der Waals surface area (Å²) < 4.78 is 7.85. The lowest BCUT2D eigenvalue weighted by atomic mass is 10.1. The minimum Gasteiger partial charge on any atom is -0.477 e. The molecule has 0 radical (unpaired) electrons.